The van der Waals surface area contributed by atoms with Crippen molar-refractivity contribution in [3.63, 3.8) is 0 Å². The zero-order valence-electron chi connectivity index (χ0n) is 13.4. The smallest absolute Gasteiger partial charge is 0.494 e. The highest BCUT2D eigenvalue weighted by molar-refractivity contribution is 7.76. The summed E-state index contributed by atoms with van der Waals surface area (Å²) >= 11 is -2.36. The Hall–Kier alpha value is -0.725. The van der Waals surface area contributed by atoms with E-state index in [0.717, 1.165) is 5.46 Å². The molecule has 0 bridgehead atoms. The second-order valence-corrected chi connectivity index (χ2v) is 6.71. The van der Waals surface area contributed by atoms with Crippen molar-refractivity contribution in [1.29, 1.82) is 0 Å². The van der Waals surface area contributed by atoms with Gasteiger partial charge in [-0.05, 0) is 58.1 Å². The van der Waals surface area contributed by atoms with Gasteiger partial charge < -0.3 is 13.9 Å². The molecule has 1 heterocycles. The van der Waals surface area contributed by atoms with E-state index in [1.54, 1.807) is 0 Å². The maximum absolute atomic E-state index is 8.78. The van der Waals surface area contributed by atoms with Gasteiger partial charge in [0.15, 0.2) is 0 Å². The fraction of sp³-hybridized carbons (Fsp3) is 0.571. The minimum atomic E-state index is -2.36. The Morgan fingerprint density at radius 1 is 1.10 bits per heavy atom. The fourth-order valence-electron chi connectivity index (χ4n) is 1.89. The third-order valence-electron chi connectivity index (χ3n) is 4.06. The first-order valence-electron chi connectivity index (χ1n) is 6.73. The monoisotopic (exact) mass is 312 g/mol. The van der Waals surface area contributed by atoms with Crippen LogP contribution >= 0.6 is 0 Å². The first-order valence-corrected chi connectivity index (χ1v) is 7.86. The second-order valence-electron chi connectivity index (χ2n) is 6.19. The van der Waals surface area contributed by atoms with Crippen LogP contribution in [0.5, 0.6) is 0 Å². The molecule has 1 atom stereocenters. The minimum Gasteiger partial charge on any atom is -0.760 e. The molecule has 0 spiro atoms. The summed E-state index contributed by atoms with van der Waals surface area (Å²) < 4.78 is 29.6. The maximum atomic E-state index is 8.78. The molecule has 1 aromatic carbocycles. The lowest BCUT2D eigenvalue weighted by Crippen LogP contribution is -2.41. The molecule has 1 aliphatic rings. The van der Waals surface area contributed by atoms with Gasteiger partial charge in [0.2, 0.25) is 0 Å². The molecule has 1 saturated heterocycles. The highest BCUT2D eigenvalue weighted by atomic mass is 32.2. The second kappa shape index (κ2) is 6.58. The van der Waals surface area contributed by atoms with Gasteiger partial charge in [0.05, 0.1) is 11.2 Å². The van der Waals surface area contributed by atoms with Crippen molar-refractivity contribution in [3.8, 4) is 0 Å². The van der Waals surface area contributed by atoms with E-state index in [-0.39, 0.29) is 18.3 Å². The number of hydrogen-bond donors (Lipinski definition) is 1. The fourth-order valence-corrected chi connectivity index (χ4v) is 1.89. The van der Waals surface area contributed by atoms with E-state index in [1.807, 2.05) is 0 Å². The van der Waals surface area contributed by atoms with Gasteiger partial charge in [0, 0.05) is 11.3 Å². The van der Waals surface area contributed by atoms with Gasteiger partial charge >= 0.3 is 7.12 Å². The summed E-state index contributed by atoms with van der Waals surface area (Å²) in [5.41, 5.74) is 3.14. The number of benzene rings is 1. The van der Waals surface area contributed by atoms with Gasteiger partial charge in [-0.3, -0.25) is 9.35 Å². The van der Waals surface area contributed by atoms with E-state index < -0.39 is 11.3 Å². The molecule has 1 unspecified atom stereocenters. The minimum absolute atomic E-state index is 0.251. The van der Waals surface area contributed by atoms with E-state index in [4.69, 9.17) is 18.1 Å². The van der Waals surface area contributed by atoms with E-state index in [2.05, 4.69) is 64.9 Å². The summed E-state index contributed by atoms with van der Waals surface area (Å²) in [6, 6.07) is 6.36. The van der Waals surface area contributed by atoms with Crippen LogP contribution in [0.4, 0.5) is 0 Å². The third-order valence-corrected chi connectivity index (χ3v) is 4.06. The van der Waals surface area contributed by atoms with Gasteiger partial charge in [-0.2, -0.15) is 0 Å². The van der Waals surface area contributed by atoms with Gasteiger partial charge in [-0.1, -0.05) is 18.2 Å². The molecule has 21 heavy (non-hydrogen) atoms. The number of rotatable bonds is 1. The van der Waals surface area contributed by atoms with Crippen molar-refractivity contribution in [2.75, 3.05) is 0 Å². The molecule has 7 heteroatoms. The molecular weight excluding hydrogens is 289 g/mol. The van der Waals surface area contributed by atoms with Crippen molar-refractivity contribution < 1.29 is 18.1 Å². The van der Waals surface area contributed by atoms with E-state index >= 15 is 0 Å². The summed E-state index contributed by atoms with van der Waals surface area (Å²) in [5, 5.41) is 4.03. The van der Waals surface area contributed by atoms with Crippen LogP contribution in [0.15, 0.2) is 18.2 Å². The summed E-state index contributed by atoms with van der Waals surface area (Å²) in [6.07, 6.45) is 0. The lowest BCUT2D eigenvalue weighted by Gasteiger charge is -2.32. The van der Waals surface area contributed by atoms with Crippen molar-refractivity contribution in [2.24, 2.45) is 5.14 Å². The average Bonchev–Trinajstić information content (AvgIpc) is 2.51. The predicted octanol–water partition coefficient (Wildman–Crippen LogP) is 1.34. The summed E-state index contributed by atoms with van der Waals surface area (Å²) in [6.45, 7) is 12.5. The Bertz CT molecular complexity index is 514. The lowest BCUT2D eigenvalue weighted by molar-refractivity contribution is 0.00578. The number of aryl methyl sites for hydroxylation is 2. The van der Waals surface area contributed by atoms with Gasteiger partial charge in [-0.25, -0.2) is 0 Å². The molecule has 1 fully saturated rings. The SMILES string of the molecule is Cc1ccc(B2OC(C)(C)C(C)(C)O2)cc1C.NS(=O)[O-]. The van der Waals surface area contributed by atoms with Crippen molar-refractivity contribution in [1.82, 2.24) is 0 Å². The van der Waals surface area contributed by atoms with Crippen LogP contribution in [-0.2, 0) is 20.6 Å². The summed E-state index contributed by atoms with van der Waals surface area (Å²) in [5.74, 6) is 0. The Morgan fingerprint density at radius 2 is 1.52 bits per heavy atom. The Labute approximate surface area is 129 Å². The van der Waals surface area contributed by atoms with Gasteiger partial charge in [0.1, 0.15) is 0 Å². The van der Waals surface area contributed by atoms with E-state index in [1.165, 1.54) is 11.1 Å². The highest BCUT2D eigenvalue weighted by Gasteiger charge is 2.51. The normalized spacial score (nSPS) is 20.7. The Balaban J connectivity index is 0.000000491. The lowest BCUT2D eigenvalue weighted by atomic mass is 9.78. The predicted molar refractivity (Wildman–Crippen MR) is 84.7 cm³/mol. The van der Waals surface area contributed by atoms with Crippen LogP contribution in [0, 0.1) is 13.8 Å². The quantitative estimate of drug-likeness (QED) is 0.626. The average molecular weight is 312 g/mol. The molecular formula is C14H23BNO4S-. The molecule has 0 amide bonds. The molecule has 1 aliphatic heterocycles. The number of nitrogens with two attached hydrogens (primary N) is 1. The zero-order valence-corrected chi connectivity index (χ0v) is 14.2. The van der Waals surface area contributed by atoms with Gasteiger partial charge in [0.25, 0.3) is 0 Å². The topological polar surface area (TPSA) is 84.6 Å². The zero-order chi connectivity index (χ0) is 16.4. The van der Waals surface area contributed by atoms with E-state index in [0.29, 0.717) is 0 Å². The van der Waals surface area contributed by atoms with Crippen LogP contribution in [-0.4, -0.2) is 27.1 Å². The van der Waals surface area contributed by atoms with Crippen LogP contribution in [0.25, 0.3) is 0 Å². The standard InChI is InChI=1S/C14H21BO2.H3NO2S/c1-10-7-8-12(9-11(10)2)15-16-13(3,4)14(5,6)17-15;1-4(2)3/h7-9H,1-6H3;1H2,(H,2,3)/p-1. The van der Waals surface area contributed by atoms with Crippen molar-refractivity contribution >= 4 is 23.8 Å². The first kappa shape index (κ1) is 18.3. The molecule has 5 nitrogen and oxygen atoms in total. The Morgan fingerprint density at radius 3 is 1.90 bits per heavy atom. The third kappa shape index (κ3) is 4.62. The van der Waals surface area contributed by atoms with Crippen LogP contribution in [0.2, 0.25) is 0 Å². The summed E-state index contributed by atoms with van der Waals surface area (Å²) in [4.78, 5) is 0. The van der Waals surface area contributed by atoms with Crippen LogP contribution < -0.4 is 10.6 Å². The molecule has 2 rings (SSSR count). The van der Waals surface area contributed by atoms with Crippen LogP contribution in [0.3, 0.4) is 0 Å². The molecule has 0 aliphatic carbocycles. The molecule has 1 aromatic rings. The van der Waals surface area contributed by atoms with Crippen molar-refractivity contribution in [3.05, 3.63) is 29.3 Å². The summed E-state index contributed by atoms with van der Waals surface area (Å²) in [7, 11) is -0.251. The van der Waals surface area contributed by atoms with Crippen LogP contribution in [0.1, 0.15) is 38.8 Å². The molecule has 118 valence electrons. The van der Waals surface area contributed by atoms with Gasteiger partial charge in [-0.15, -0.1) is 0 Å². The molecule has 0 aromatic heterocycles. The highest BCUT2D eigenvalue weighted by Crippen LogP contribution is 2.36. The molecule has 0 radical (unpaired) electrons. The number of hydrogen-bond acceptors (Lipinski definition) is 4. The molecule has 2 N–H and O–H groups in total. The maximum Gasteiger partial charge on any atom is 0.494 e. The Kier molecular flexibility index (Phi) is 5.74. The first-order chi connectivity index (χ1) is 9.46. The molecule has 0 saturated carbocycles. The van der Waals surface area contributed by atoms with E-state index in [9.17, 15) is 0 Å². The largest absolute Gasteiger partial charge is 0.760 e. The van der Waals surface area contributed by atoms with Crippen molar-refractivity contribution in [2.45, 2.75) is 52.7 Å².